The van der Waals surface area contributed by atoms with Gasteiger partial charge in [-0.3, -0.25) is 14.4 Å². The molecule has 4 heterocycles. The smallest absolute Gasteiger partial charge is 0.277 e. The van der Waals surface area contributed by atoms with E-state index in [9.17, 15) is 28.3 Å². The number of pyridine rings is 2. The van der Waals surface area contributed by atoms with Crippen LogP contribution in [-0.4, -0.2) is 49.7 Å². The van der Waals surface area contributed by atoms with E-state index in [4.69, 9.17) is 4.74 Å². The van der Waals surface area contributed by atoms with Gasteiger partial charge in [0, 0.05) is 18.3 Å². The molecule has 168 valence electrons. The molecule has 2 aromatic rings. The number of hydrogen-bond acceptors (Lipinski definition) is 6. The molecule has 3 atom stereocenters. The van der Waals surface area contributed by atoms with Gasteiger partial charge in [0.25, 0.3) is 11.8 Å². The minimum absolute atomic E-state index is 0.0732. The molecule has 5 rings (SSSR count). The van der Waals surface area contributed by atoms with E-state index < -0.39 is 46.2 Å². The van der Waals surface area contributed by atoms with E-state index in [2.05, 4.69) is 10.3 Å². The van der Waals surface area contributed by atoms with E-state index >= 15 is 0 Å². The van der Waals surface area contributed by atoms with Crippen LogP contribution in [0.2, 0.25) is 0 Å². The third-order valence-electron chi connectivity index (χ3n) is 6.50. The van der Waals surface area contributed by atoms with Gasteiger partial charge in [-0.25, -0.2) is 0 Å². The van der Waals surface area contributed by atoms with Gasteiger partial charge in [0.15, 0.2) is 17.2 Å². The van der Waals surface area contributed by atoms with Crippen LogP contribution in [0.3, 0.4) is 0 Å². The molecule has 1 saturated heterocycles. The second-order valence-electron chi connectivity index (χ2n) is 8.33. The summed E-state index contributed by atoms with van der Waals surface area (Å²) in [5.41, 5.74) is -2.51. The standard InChI is InChI=1S/C21H20F2N4O5/c1-10-9-32-21-6-2-3-13(21)26-8-12(16(28)17(29)15(26)20(31)27(10)21)19(30)24-7-11-4-5-14(22)25-18(11)23/h4-5,8,10,13,29H,2-3,6-7,9H2,1H3,(H,24,30)/t10-,13+,21+/m1/s1. The maximum absolute atomic E-state index is 13.8. The molecular weight excluding hydrogens is 426 g/mol. The molecule has 0 aromatic carbocycles. The number of ether oxygens (including phenoxy) is 1. The molecule has 1 saturated carbocycles. The van der Waals surface area contributed by atoms with Crippen molar-refractivity contribution in [1.82, 2.24) is 19.8 Å². The highest BCUT2D eigenvalue weighted by Crippen LogP contribution is 2.52. The SMILES string of the molecule is C[C@@H]1CO[C@@]23CCC[C@@H]2n2cc(C(=O)NCc4ccc(F)nc4F)c(=O)c(O)c2C(=O)N13. The Kier molecular flexibility index (Phi) is 4.55. The highest BCUT2D eigenvalue weighted by molar-refractivity contribution is 5.99. The number of carbonyl (C=O) groups excluding carboxylic acids is 2. The highest BCUT2D eigenvalue weighted by atomic mass is 19.1. The first-order valence-corrected chi connectivity index (χ1v) is 10.3. The predicted octanol–water partition coefficient (Wildman–Crippen LogP) is 1.45. The zero-order valence-electron chi connectivity index (χ0n) is 17.1. The van der Waals surface area contributed by atoms with Gasteiger partial charge in [0.05, 0.1) is 18.7 Å². The third-order valence-corrected chi connectivity index (χ3v) is 6.50. The fraction of sp³-hybridized carbons (Fsp3) is 0.429. The van der Waals surface area contributed by atoms with Crippen molar-refractivity contribution in [3.63, 3.8) is 0 Å². The largest absolute Gasteiger partial charge is 0.503 e. The van der Waals surface area contributed by atoms with Gasteiger partial charge in [0.1, 0.15) is 5.56 Å². The van der Waals surface area contributed by atoms with Crippen molar-refractivity contribution in [1.29, 1.82) is 0 Å². The van der Waals surface area contributed by atoms with Crippen molar-refractivity contribution in [3.05, 3.63) is 57.3 Å². The summed E-state index contributed by atoms with van der Waals surface area (Å²) < 4.78 is 34.2. The molecule has 11 heteroatoms. The minimum Gasteiger partial charge on any atom is -0.503 e. The lowest BCUT2D eigenvalue weighted by Crippen LogP contribution is -2.58. The van der Waals surface area contributed by atoms with Gasteiger partial charge < -0.3 is 24.6 Å². The van der Waals surface area contributed by atoms with Crippen molar-refractivity contribution in [3.8, 4) is 5.75 Å². The number of nitrogens with one attached hydrogen (secondary N) is 1. The Morgan fingerprint density at radius 3 is 2.91 bits per heavy atom. The van der Waals surface area contributed by atoms with Crippen LogP contribution in [0.1, 0.15) is 58.6 Å². The Labute approximate surface area is 180 Å². The van der Waals surface area contributed by atoms with Crippen molar-refractivity contribution < 1.29 is 28.2 Å². The molecule has 0 unspecified atom stereocenters. The Balaban J connectivity index is 1.52. The summed E-state index contributed by atoms with van der Waals surface area (Å²) in [5, 5.41) is 13.0. The summed E-state index contributed by atoms with van der Waals surface area (Å²) in [7, 11) is 0. The monoisotopic (exact) mass is 446 g/mol. The van der Waals surface area contributed by atoms with Gasteiger partial charge in [-0.1, -0.05) is 0 Å². The summed E-state index contributed by atoms with van der Waals surface area (Å²) >= 11 is 0. The number of fused-ring (bicyclic) bond motifs is 2. The van der Waals surface area contributed by atoms with Crippen LogP contribution in [0.15, 0.2) is 23.1 Å². The summed E-state index contributed by atoms with van der Waals surface area (Å²) in [4.78, 5) is 43.4. The first-order valence-electron chi connectivity index (χ1n) is 10.3. The molecule has 3 aliphatic rings. The van der Waals surface area contributed by atoms with Gasteiger partial charge in [-0.15, -0.1) is 0 Å². The first kappa shape index (κ1) is 20.6. The molecule has 2 aromatic heterocycles. The van der Waals surface area contributed by atoms with Crippen molar-refractivity contribution in [2.24, 2.45) is 0 Å². The van der Waals surface area contributed by atoms with Gasteiger partial charge in [-0.2, -0.15) is 13.8 Å². The summed E-state index contributed by atoms with van der Waals surface area (Å²) in [6.45, 7) is 1.84. The van der Waals surface area contributed by atoms with E-state index in [1.807, 2.05) is 6.92 Å². The molecule has 2 N–H and O–H groups in total. The second kappa shape index (κ2) is 7.09. The maximum Gasteiger partial charge on any atom is 0.277 e. The molecule has 2 aliphatic heterocycles. The van der Waals surface area contributed by atoms with Crippen LogP contribution in [0.5, 0.6) is 5.75 Å². The fourth-order valence-corrected chi connectivity index (χ4v) is 5.10. The Hall–Kier alpha value is -3.34. The Bertz CT molecular complexity index is 1220. The molecule has 32 heavy (non-hydrogen) atoms. The van der Waals surface area contributed by atoms with E-state index in [1.165, 1.54) is 10.8 Å². The van der Waals surface area contributed by atoms with Crippen LogP contribution in [0, 0.1) is 11.9 Å². The number of aromatic nitrogens is 2. The van der Waals surface area contributed by atoms with Gasteiger partial charge in [0.2, 0.25) is 17.3 Å². The number of amides is 2. The second-order valence-corrected chi connectivity index (χ2v) is 8.33. The van der Waals surface area contributed by atoms with Crippen LogP contribution >= 0.6 is 0 Å². The average molecular weight is 446 g/mol. The summed E-state index contributed by atoms with van der Waals surface area (Å²) in [6, 6.07) is 1.50. The van der Waals surface area contributed by atoms with Crippen molar-refractivity contribution in [2.45, 2.75) is 50.5 Å². The Morgan fingerprint density at radius 2 is 2.16 bits per heavy atom. The van der Waals surface area contributed by atoms with Crippen molar-refractivity contribution >= 4 is 11.8 Å². The van der Waals surface area contributed by atoms with Gasteiger partial charge in [-0.05, 0) is 38.3 Å². The van der Waals surface area contributed by atoms with E-state index in [0.29, 0.717) is 19.4 Å². The molecule has 1 spiro atoms. The number of halogens is 2. The molecule has 2 fully saturated rings. The zero-order valence-corrected chi connectivity index (χ0v) is 17.1. The molecule has 0 radical (unpaired) electrons. The average Bonchev–Trinajstić information content (AvgIpc) is 3.32. The Morgan fingerprint density at radius 1 is 1.38 bits per heavy atom. The fourth-order valence-electron chi connectivity index (χ4n) is 5.10. The molecular formula is C21H20F2N4O5. The highest BCUT2D eigenvalue weighted by Gasteiger charge is 2.60. The third kappa shape index (κ3) is 2.77. The van der Waals surface area contributed by atoms with Crippen LogP contribution in [0.4, 0.5) is 8.78 Å². The van der Waals surface area contributed by atoms with E-state index in [1.54, 1.807) is 4.90 Å². The lowest BCUT2D eigenvalue weighted by atomic mass is 9.98. The molecule has 0 bridgehead atoms. The normalized spacial score (nSPS) is 26.0. The summed E-state index contributed by atoms with van der Waals surface area (Å²) in [5.74, 6) is -4.28. The number of aromatic hydroxyl groups is 1. The zero-order chi connectivity index (χ0) is 22.8. The topological polar surface area (TPSA) is 114 Å². The molecule has 1 aliphatic carbocycles. The lowest BCUT2D eigenvalue weighted by Gasteiger charge is -2.45. The lowest BCUT2D eigenvalue weighted by molar-refractivity contribution is -0.101. The predicted molar refractivity (Wildman–Crippen MR) is 105 cm³/mol. The van der Waals surface area contributed by atoms with E-state index in [-0.39, 0.29) is 29.9 Å². The van der Waals surface area contributed by atoms with Gasteiger partial charge >= 0.3 is 0 Å². The minimum atomic E-state index is -1.08. The quantitative estimate of drug-likeness (QED) is 0.690. The number of nitrogens with zero attached hydrogens (tertiary/aromatic N) is 3. The number of hydrogen-bond donors (Lipinski definition) is 2. The van der Waals surface area contributed by atoms with Crippen molar-refractivity contribution in [2.75, 3.05) is 6.61 Å². The number of carbonyl (C=O) groups is 2. The molecule has 9 nitrogen and oxygen atoms in total. The van der Waals surface area contributed by atoms with Crippen LogP contribution in [-0.2, 0) is 11.3 Å². The molecule has 2 amide bonds. The number of rotatable bonds is 3. The van der Waals surface area contributed by atoms with Crippen LogP contribution in [0.25, 0.3) is 0 Å². The van der Waals surface area contributed by atoms with Crippen LogP contribution < -0.4 is 10.7 Å². The first-order chi connectivity index (χ1) is 15.2. The summed E-state index contributed by atoms with van der Waals surface area (Å²) in [6.07, 6.45) is 3.27. The maximum atomic E-state index is 13.8. The van der Waals surface area contributed by atoms with E-state index in [0.717, 1.165) is 18.6 Å².